The van der Waals surface area contributed by atoms with E-state index >= 15 is 0 Å². The van der Waals surface area contributed by atoms with Gasteiger partial charge in [0.1, 0.15) is 0 Å². The minimum Gasteiger partial charge on any atom is -0.334 e. The predicted octanol–water partition coefficient (Wildman–Crippen LogP) is 2.64. The average molecular weight is 386 g/mol. The molecule has 1 saturated heterocycles. The number of carbonyl (C=O) groups is 1. The van der Waals surface area contributed by atoms with Crippen molar-refractivity contribution in [3.8, 4) is 0 Å². The fourth-order valence-electron chi connectivity index (χ4n) is 4.54. The Labute approximate surface area is 165 Å². The van der Waals surface area contributed by atoms with Crippen LogP contribution in [0.5, 0.6) is 0 Å². The molecule has 0 aromatic carbocycles. The van der Waals surface area contributed by atoms with E-state index in [0.29, 0.717) is 24.7 Å². The number of piperidine rings is 1. The van der Waals surface area contributed by atoms with Crippen molar-refractivity contribution in [1.29, 1.82) is 0 Å². The summed E-state index contributed by atoms with van der Waals surface area (Å²) in [5.74, 6) is 0.207. The largest absolute Gasteiger partial charge is 0.334 e. The van der Waals surface area contributed by atoms with Crippen LogP contribution >= 0.6 is 0 Å². The number of nitrogens with zero attached hydrogens (tertiary/aromatic N) is 4. The fraction of sp³-hybridized carbons (Fsp3) is 0.667. The molecule has 0 saturated carbocycles. The molecular formula is C21H31N5O2. The van der Waals surface area contributed by atoms with Crippen LogP contribution < -0.4 is 5.56 Å². The molecular weight excluding hydrogens is 354 g/mol. The summed E-state index contributed by atoms with van der Waals surface area (Å²) in [4.78, 5) is 34.8. The van der Waals surface area contributed by atoms with Crippen LogP contribution in [0.3, 0.4) is 0 Å². The van der Waals surface area contributed by atoms with E-state index in [1.165, 1.54) is 0 Å². The Hall–Kier alpha value is -2.15. The van der Waals surface area contributed by atoms with Crippen molar-refractivity contribution in [2.24, 2.45) is 0 Å². The highest BCUT2D eigenvalue weighted by atomic mass is 16.2. The lowest BCUT2D eigenvalue weighted by Gasteiger charge is -2.35. The zero-order valence-corrected chi connectivity index (χ0v) is 17.2. The van der Waals surface area contributed by atoms with Gasteiger partial charge in [-0.3, -0.25) is 19.6 Å². The number of rotatable bonds is 4. The van der Waals surface area contributed by atoms with E-state index in [2.05, 4.69) is 23.8 Å². The van der Waals surface area contributed by atoms with E-state index in [4.69, 9.17) is 4.98 Å². The van der Waals surface area contributed by atoms with Crippen molar-refractivity contribution in [2.75, 3.05) is 13.1 Å². The van der Waals surface area contributed by atoms with E-state index < -0.39 is 0 Å². The minimum absolute atomic E-state index is 0.00107. The highest BCUT2D eigenvalue weighted by Gasteiger charge is 2.30. The number of aromatic amines is 1. The molecule has 2 aliphatic rings. The summed E-state index contributed by atoms with van der Waals surface area (Å²) in [5.41, 5.74) is 3.32. The van der Waals surface area contributed by atoms with E-state index in [0.717, 1.165) is 62.1 Å². The molecule has 1 fully saturated rings. The second-order valence-electron chi connectivity index (χ2n) is 8.41. The normalized spacial score (nSPS) is 20.7. The Morgan fingerprint density at radius 3 is 2.89 bits per heavy atom. The number of hydrogen-bond acceptors (Lipinski definition) is 4. The van der Waals surface area contributed by atoms with Gasteiger partial charge >= 0.3 is 0 Å². The molecule has 1 N–H and O–H groups in total. The Balaban J connectivity index is 1.71. The van der Waals surface area contributed by atoms with Crippen molar-refractivity contribution in [3.05, 3.63) is 33.4 Å². The van der Waals surface area contributed by atoms with Crippen LogP contribution in [0.15, 0.2) is 10.9 Å². The first kappa shape index (κ1) is 19.2. The number of amides is 1. The molecule has 0 aliphatic carbocycles. The Morgan fingerprint density at radius 1 is 1.32 bits per heavy atom. The smallest absolute Gasteiger partial charge is 0.277 e. The van der Waals surface area contributed by atoms with Gasteiger partial charge in [-0.15, -0.1) is 0 Å². The monoisotopic (exact) mass is 385 g/mol. The van der Waals surface area contributed by atoms with Gasteiger partial charge in [0.2, 0.25) is 5.91 Å². The molecule has 7 heteroatoms. The van der Waals surface area contributed by atoms with Gasteiger partial charge in [0, 0.05) is 44.6 Å². The summed E-state index contributed by atoms with van der Waals surface area (Å²) >= 11 is 0. The van der Waals surface area contributed by atoms with E-state index in [1.54, 1.807) is 4.52 Å². The zero-order chi connectivity index (χ0) is 19.8. The van der Waals surface area contributed by atoms with Gasteiger partial charge in [-0.2, -0.15) is 0 Å². The molecule has 0 radical (unpaired) electrons. The molecule has 1 unspecified atom stereocenters. The molecule has 28 heavy (non-hydrogen) atoms. The van der Waals surface area contributed by atoms with Gasteiger partial charge in [0.15, 0.2) is 5.65 Å². The molecule has 0 bridgehead atoms. The highest BCUT2D eigenvalue weighted by Crippen LogP contribution is 2.31. The van der Waals surface area contributed by atoms with Crippen molar-refractivity contribution >= 4 is 11.6 Å². The van der Waals surface area contributed by atoms with Crippen molar-refractivity contribution in [2.45, 2.75) is 77.9 Å². The Bertz CT molecular complexity index is 929. The first-order valence-corrected chi connectivity index (χ1v) is 10.7. The maximum absolute atomic E-state index is 13.1. The van der Waals surface area contributed by atoms with Gasteiger partial charge in [-0.05, 0) is 39.5 Å². The van der Waals surface area contributed by atoms with Crippen LogP contribution in [0.25, 0.3) is 5.65 Å². The van der Waals surface area contributed by atoms with Crippen molar-refractivity contribution in [3.63, 3.8) is 0 Å². The summed E-state index contributed by atoms with van der Waals surface area (Å²) in [6, 6.07) is 2.39. The van der Waals surface area contributed by atoms with Crippen molar-refractivity contribution < 1.29 is 4.79 Å². The quantitative estimate of drug-likeness (QED) is 0.878. The third kappa shape index (κ3) is 3.36. The number of aromatic nitrogens is 3. The van der Waals surface area contributed by atoms with Gasteiger partial charge in [-0.25, -0.2) is 9.50 Å². The summed E-state index contributed by atoms with van der Waals surface area (Å²) in [6.45, 7) is 8.74. The lowest BCUT2D eigenvalue weighted by molar-refractivity contribution is -0.135. The predicted molar refractivity (Wildman–Crippen MR) is 108 cm³/mol. The van der Waals surface area contributed by atoms with Crippen LogP contribution in [0.2, 0.25) is 0 Å². The third-order valence-corrected chi connectivity index (χ3v) is 6.19. The highest BCUT2D eigenvalue weighted by molar-refractivity contribution is 5.76. The van der Waals surface area contributed by atoms with Gasteiger partial charge in [-0.1, -0.05) is 6.92 Å². The first-order chi connectivity index (χ1) is 13.5. The molecule has 2 aromatic rings. The maximum Gasteiger partial charge on any atom is 0.277 e. The van der Waals surface area contributed by atoms with Crippen LogP contribution in [-0.2, 0) is 17.8 Å². The molecule has 1 amide bonds. The number of H-pyrrole nitrogens is 1. The van der Waals surface area contributed by atoms with Crippen LogP contribution in [0.4, 0.5) is 0 Å². The molecule has 4 heterocycles. The van der Waals surface area contributed by atoms with Crippen molar-refractivity contribution in [1.82, 2.24) is 24.4 Å². The third-order valence-electron chi connectivity index (χ3n) is 6.19. The second kappa shape index (κ2) is 7.70. The lowest BCUT2D eigenvalue weighted by Crippen LogP contribution is -2.40. The van der Waals surface area contributed by atoms with Crippen LogP contribution in [0, 0.1) is 0 Å². The maximum atomic E-state index is 13.1. The Morgan fingerprint density at radius 2 is 2.14 bits per heavy atom. The van der Waals surface area contributed by atoms with Gasteiger partial charge < -0.3 is 4.90 Å². The molecule has 0 spiro atoms. The summed E-state index contributed by atoms with van der Waals surface area (Å²) in [7, 11) is 0. The number of carbonyl (C=O) groups excluding carboxylic acids is 1. The van der Waals surface area contributed by atoms with Crippen LogP contribution in [0.1, 0.15) is 75.9 Å². The molecule has 2 aliphatic heterocycles. The molecule has 1 atom stereocenters. The van der Waals surface area contributed by atoms with Gasteiger partial charge in [0.05, 0.1) is 23.0 Å². The number of hydrogen-bond donors (Lipinski definition) is 1. The average Bonchev–Trinajstić information content (AvgIpc) is 3.12. The number of fused-ring (bicyclic) bond motifs is 2. The zero-order valence-electron chi connectivity index (χ0n) is 17.2. The number of nitrogens with one attached hydrogen (secondary N) is 1. The molecule has 2 aromatic heterocycles. The van der Waals surface area contributed by atoms with E-state index in [1.807, 2.05) is 17.9 Å². The molecule has 7 nitrogen and oxygen atoms in total. The lowest BCUT2D eigenvalue weighted by atomic mass is 9.98. The first-order valence-electron chi connectivity index (χ1n) is 10.7. The molecule has 4 rings (SSSR count). The minimum atomic E-state index is -0.00107. The molecule has 152 valence electrons. The van der Waals surface area contributed by atoms with E-state index in [9.17, 15) is 9.59 Å². The summed E-state index contributed by atoms with van der Waals surface area (Å²) in [6.07, 6.45) is 5.31. The van der Waals surface area contributed by atoms with E-state index in [-0.39, 0.29) is 17.5 Å². The fourth-order valence-corrected chi connectivity index (χ4v) is 4.54. The number of likely N-dealkylation sites (tertiary alicyclic amines) is 1. The Kier molecular flexibility index (Phi) is 5.27. The van der Waals surface area contributed by atoms with Gasteiger partial charge in [0.25, 0.3) is 5.56 Å². The summed E-state index contributed by atoms with van der Waals surface area (Å²) in [5, 5.41) is 3.28. The second-order valence-corrected chi connectivity index (χ2v) is 8.41. The van der Waals surface area contributed by atoms with Crippen LogP contribution in [-0.4, -0.2) is 49.4 Å². The topological polar surface area (TPSA) is 73.7 Å². The SMILES string of the molecule is CCCC(=O)N1CCCCC1c1cc2nc3c(c(=O)n2[nH]1)CN(C(C)C)CC3. The summed E-state index contributed by atoms with van der Waals surface area (Å²) < 4.78 is 1.58. The standard InChI is InChI=1S/C21H31N5O2/c1-4-7-20(27)25-10-6-5-8-18(25)17-12-19-22-16-9-11-24(14(2)3)13-15(16)21(28)26(19)23-17/h12,14,18,23H,4-11,13H2,1-3H3.